The number of hydrogen-bond donors (Lipinski definition) is 1. The van der Waals surface area contributed by atoms with Crippen LogP contribution in [0.25, 0.3) is 0 Å². The molecule has 162 valence electrons. The number of halogens is 1. The fourth-order valence-corrected chi connectivity index (χ4v) is 3.38. The van der Waals surface area contributed by atoms with Crippen molar-refractivity contribution in [3.05, 3.63) is 17.8 Å². The van der Waals surface area contributed by atoms with E-state index >= 15 is 0 Å². The van der Waals surface area contributed by atoms with Crippen LogP contribution in [-0.2, 0) is 9.47 Å². The van der Waals surface area contributed by atoms with E-state index in [-0.39, 0.29) is 24.3 Å². The molecule has 2 fully saturated rings. The lowest BCUT2D eigenvalue weighted by Gasteiger charge is -2.40. The van der Waals surface area contributed by atoms with Gasteiger partial charge in [0.1, 0.15) is 11.4 Å². The average molecular weight is 410 g/mol. The van der Waals surface area contributed by atoms with E-state index in [1.807, 2.05) is 19.9 Å². The van der Waals surface area contributed by atoms with Crippen molar-refractivity contribution in [1.29, 1.82) is 0 Å². The summed E-state index contributed by atoms with van der Waals surface area (Å²) >= 11 is 0. The minimum absolute atomic E-state index is 0.123. The molecule has 0 radical (unpaired) electrons. The van der Waals surface area contributed by atoms with E-state index in [1.165, 1.54) is 12.8 Å². The molecule has 1 aromatic heterocycles. The lowest BCUT2D eigenvalue weighted by atomic mass is 9.93. The van der Waals surface area contributed by atoms with E-state index in [0.717, 1.165) is 18.8 Å². The monoisotopic (exact) mass is 409 g/mol. The third-order valence-corrected chi connectivity index (χ3v) is 5.94. The third-order valence-electron chi connectivity index (χ3n) is 5.94. The third kappa shape index (κ3) is 5.36. The number of nitrogens with one attached hydrogen (secondary N) is 1. The summed E-state index contributed by atoms with van der Waals surface area (Å²) in [7, 11) is 1.71. The number of carbonyl (C=O) groups is 1. The van der Waals surface area contributed by atoms with Gasteiger partial charge in [-0.3, -0.25) is 4.79 Å². The summed E-state index contributed by atoms with van der Waals surface area (Å²) in [4.78, 5) is 19.6. The van der Waals surface area contributed by atoms with Gasteiger partial charge in [-0.25, -0.2) is 9.37 Å². The van der Waals surface area contributed by atoms with Crippen LogP contribution in [-0.4, -0.2) is 62.8 Å². The molecular weight excluding hydrogens is 377 g/mol. The average Bonchev–Trinajstić information content (AvgIpc) is 3.54. The number of methoxy groups -OCH3 is 1. The highest BCUT2D eigenvalue weighted by Gasteiger charge is 2.32. The van der Waals surface area contributed by atoms with Crippen molar-refractivity contribution >= 4 is 11.6 Å². The first-order chi connectivity index (χ1) is 14.0. The molecule has 7 nitrogen and oxygen atoms in total. The van der Waals surface area contributed by atoms with Crippen LogP contribution in [0.4, 0.5) is 10.1 Å². The Hall–Kier alpha value is -1.93. The molecule has 1 aliphatic heterocycles. The molecule has 2 aliphatic rings. The summed E-state index contributed by atoms with van der Waals surface area (Å²) in [6.07, 6.45) is 3.82. The Morgan fingerprint density at radius 3 is 2.62 bits per heavy atom. The first-order valence-electron chi connectivity index (χ1n) is 10.4. The second kappa shape index (κ2) is 9.71. The lowest BCUT2D eigenvalue weighted by molar-refractivity contribution is 0.0119. The summed E-state index contributed by atoms with van der Waals surface area (Å²) in [5, 5.41) is 3.00. The second-order valence-corrected chi connectivity index (χ2v) is 7.94. The zero-order valence-electron chi connectivity index (χ0n) is 17.6. The Kier molecular flexibility index (Phi) is 7.29. The molecule has 0 bridgehead atoms. The van der Waals surface area contributed by atoms with E-state index in [2.05, 4.69) is 15.2 Å². The van der Waals surface area contributed by atoms with Gasteiger partial charge in [-0.15, -0.1) is 0 Å². The van der Waals surface area contributed by atoms with Crippen molar-refractivity contribution in [2.24, 2.45) is 5.92 Å². The van der Waals surface area contributed by atoms with Crippen molar-refractivity contribution in [3.8, 4) is 5.88 Å². The summed E-state index contributed by atoms with van der Waals surface area (Å²) in [6, 6.07) is 3.59. The van der Waals surface area contributed by atoms with Crippen LogP contribution < -0.4 is 15.0 Å². The molecule has 1 N–H and O–H groups in total. The fraction of sp³-hybridized carbons (Fsp3) is 0.714. The maximum Gasteiger partial charge on any atom is 0.270 e. The van der Waals surface area contributed by atoms with Crippen molar-refractivity contribution in [2.45, 2.75) is 51.2 Å². The smallest absolute Gasteiger partial charge is 0.270 e. The highest BCUT2D eigenvalue weighted by molar-refractivity contribution is 5.93. The van der Waals surface area contributed by atoms with Gasteiger partial charge in [0.25, 0.3) is 5.91 Å². The number of hydrogen-bond acceptors (Lipinski definition) is 6. The molecule has 0 atom stereocenters. The lowest BCUT2D eigenvalue weighted by Crippen LogP contribution is -2.52. The molecule has 2 heterocycles. The predicted molar refractivity (Wildman–Crippen MR) is 108 cm³/mol. The Morgan fingerprint density at radius 2 is 2.03 bits per heavy atom. The SMILES string of the molecule is CCC(CC)(COCF)NC(=O)c1ccc(N2CC(OC)C2)c(OCC2CC2)n1. The zero-order valence-corrected chi connectivity index (χ0v) is 17.6. The Labute approximate surface area is 171 Å². The maximum absolute atomic E-state index is 12.9. The van der Waals surface area contributed by atoms with Gasteiger partial charge in [-0.2, -0.15) is 0 Å². The highest BCUT2D eigenvalue weighted by Crippen LogP contribution is 2.34. The van der Waals surface area contributed by atoms with Crippen LogP contribution in [0.3, 0.4) is 0 Å². The molecule has 0 spiro atoms. The largest absolute Gasteiger partial charge is 0.476 e. The molecular formula is C21H32FN3O4. The number of carbonyl (C=O) groups excluding carboxylic acids is 1. The quantitative estimate of drug-likeness (QED) is 0.572. The minimum atomic E-state index is -0.873. The van der Waals surface area contributed by atoms with E-state index in [0.29, 0.717) is 31.2 Å². The molecule has 29 heavy (non-hydrogen) atoms. The van der Waals surface area contributed by atoms with Crippen LogP contribution in [0.2, 0.25) is 0 Å². The second-order valence-electron chi connectivity index (χ2n) is 7.94. The fourth-order valence-electron chi connectivity index (χ4n) is 3.38. The number of alkyl halides is 1. The van der Waals surface area contributed by atoms with Gasteiger partial charge in [0, 0.05) is 20.2 Å². The van der Waals surface area contributed by atoms with Gasteiger partial charge in [-0.05, 0) is 43.7 Å². The van der Waals surface area contributed by atoms with Crippen LogP contribution in [0.15, 0.2) is 12.1 Å². The molecule has 1 aromatic rings. The van der Waals surface area contributed by atoms with Gasteiger partial charge in [0.15, 0.2) is 6.86 Å². The summed E-state index contributed by atoms with van der Waals surface area (Å²) in [6.45, 7) is 5.31. The first-order valence-corrected chi connectivity index (χ1v) is 10.4. The van der Waals surface area contributed by atoms with Gasteiger partial charge in [-0.1, -0.05) is 13.8 Å². The van der Waals surface area contributed by atoms with Crippen LogP contribution in [0, 0.1) is 5.92 Å². The zero-order chi connectivity index (χ0) is 20.9. The number of ether oxygens (including phenoxy) is 3. The maximum atomic E-state index is 12.9. The Balaban J connectivity index is 1.75. The number of pyridine rings is 1. The topological polar surface area (TPSA) is 72.9 Å². The van der Waals surface area contributed by atoms with E-state index in [4.69, 9.17) is 14.2 Å². The van der Waals surface area contributed by atoms with Crippen molar-refractivity contribution in [1.82, 2.24) is 10.3 Å². The predicted octanol–water partition coefficient (Wildman–Crippen LogP) is 2.94. The van der Waals surface area contributed by atoms with Gasteiger partial charge < -0.3 is 24.4 Å². The number of amides is 1. The van der Waals surface area contributed by atoms with E-state index < -0.39 is 12.4 Å². The molecule has 1 amide bonds. The number of nitrogens with zero attached hydrogens (tertiary/aromatic N) is 2. The van der Waals surface area contributed by atoms with Crippen LogP contribution in [0.5, 0.6) is 5.88 Å². The molecule has 1 aliphatic carbocycles. The number of aromatic nitrogens is 1. The Morgan fingerprint density at radius 1 is 1.31 bits per heavy atom. The van der Waals surface area contributed by atoms with Crippen LogP contribution >= 0.6 is 0 Å². The van der Waals surface area contributed by atoms with E-state index in [9.17, 15) is 9.18 Å². The van der Waals surface area contributed by atoms with Gasteiger partial charge in [0.05, 0.1) is 24.9 Å². The normalized spacial score (nSPS) is 17.2. The number of rotatable bonds is 12. The summed E-state index contributed by atoms with van der Waals surface area (Å²) in [5.41, 5.74) is 0.547. The highest BCUT2D eigenvalue weighted by atomic mass is 19.1. The van der Waals surface area contributed by atoms with Crippen LogP contribution in [0.1, 0.15) is 50.0 Å². The Bertz CT molecular complexity index is 689. The molecule has 8 heteroatoms. The minimum Gasteiger partial charge on any atom is -0.476 e. The first kappa shape index (κ1) is 21.8. The molecule has 0 aromatic carbocycles. The molecule has 0 unspecified atom stereocenters. The summed E-state index contributed by atoms with van der Waals surface area (Å²) in [5.74, 6) is 0.756. The van der Waals surface area contributed by atoms with E-state index in [1.54, 1.807) is 13.2 Å². The molecule has 1 saturated carbocycles. The summed E-state index contributed by atoms with van der Waals surface area (Å²) < 4.78 is 28.8. The molecule has 3 rings (SSSR count). The number of anilines is 1. The standard InChI is InChI=1S/C21H32FN3O4/c1-4-21(5-2,13-28-14-22)24-19(26)17-8-9-18(25-10-16(11-25)27-3)20(23-17)29-12-15-6-7-15/h8-9,15-16H,4-7,10-14H2,1-3H3,(H,24,26). The van der Waals surface area contributed by atoms with Gasteiger partial charge >= 0.3 is 0 Å². The van der Waals surface area contributed by atoms with Crippen molar-refractivity contribution in [2.75, 3.05) is 45.2 Å². The van der Waals surface area contributed by atoms with Gasteiger partial charge in [0.2, 0.25) is 5.88 Å². The van der Waals surface area contributed by atoms with Crippen molar-refractivity contribution in [3.63, 3.8) is 0 Å². The van der Waals surface area contributed by atoms with Crippen molar-refractivity contribution < 1.29 is 23.4 Å². The molecule has 1 saturated heterocycles.